The zero-order valence-electron chi connectivity index (χ0n) is 8.81. The fourth-order valence-corrected chi connectivity index (χ4v) is 1.64. The molecule has 0 saturated heterocycles. The van der Waals surface area contributed by atoms with Crippen molar-refractivity contribution in [2.45, 2.75) is 6.54 Å². The van der Waals surface area contributed by atoms with E-state index in [1.165, 1.54) is 12.3 Å². The van der Waals surface area contributed by atoms with E-state index in [9.17, 15) is 18.9 Å². The molecule has 0 radical (unpaired) electrons. The molecule has 2 aromatic rings. The lowest BCUT2D eigenvalue weighted by atomic mass is 10.2. The molecule has 0 aliphatic rings. The molecule has 0 N–H and O–H groups in total. The van der Waals surface area contributed by atoms with Gasteiger partial charge in [0.15, 0.2) is 5.02 Å². The molecule has 0 spiro atoms. The smallest absolute Gasteiger partial charge is 0.358 e. The Balaban J connectivity index is 2.29. The summed E-state index contributed by atoms with van der Waals surface area (Å²) in [6, 6.07) is 3.07. The normalized spacial score (nSPS) is 10.6. The Bertz CT molecular complexity index is 615. The zero-order valence-corrected chi connectivity index (χ0v) is 9.56. The lowest BCUT2D eigenvalue weighted by Crippen LogP contribution is -2.03. The van der Waals surface area contributed by atoms with Crippen LogP contribution < -0.4 is 0 Å². The maximum Gasteiger partial charge on any atom is 0.408 e. The molecule has 18 heavy (non-hydrogen) atoms. The molecule has 1 heterocycles. The molecule has 2 rings (SSSR count). The molecule has 8 heteroatoms. The van der Waals surface area contributed by atoms with Crippen molar-refractivity contribution in [3.8, 4) is 0 Å². The number of nitrogens with zero attached hydrogens (tertiary/aromatic N) is 3. The molecular formula is C10H6ClF2N3O2. The van der Waals surface area contributed by atoms with Crippen LogP contribution in [-0.2, 0) is 6.54 Å². The maximum atomic E-state index is 13.4. The van der Waals surface area contributed by atoms with Crippen LogP contribution in [0.4, 0.5) is 14.6 Å². The molecular weight excluding hydrogens is 268 g/mol. The molecule has 94 valence electrons. The highest BCUT2D eigenvalue weighted by atomic mass is 35.5. The highest BCUT2D eigenvalue weighted by molar-refractivity contribution is 6.32. The summed E-state index contributed by atoms with van der Waals surface area (Å²) in [6.45, 7) is -0.0698. The van der Waals surface area contributed by atoms with Crippen LogP contribution in [0.25, 0.3) is 0 Å². The lowest BCUT2D eigenvalue weighted by molar-refractivity contribution is -0.389. The van der Waals surface area contributed by atoms with Crippen molar-refractivity contribution in [2.24, 2.45) is 0 Å². The van der Waals surface area contributed by atoms with Crippen molar-refractivity contribution >= 4 is 17.4 Å². The van der Waals surface area contributed by atoms with Gasteiger partial charge in [0.2, 0.25) is 0 Å². The largest absolute Gasteiger partial charge is 0.408 e. The Kier molecular flexibility index (Phi) is 3.24. The SMILES string of the molecule is O=[N+]([O-])c1nn(Cc2ccc(F)cc2F)cc1Cl. The van der Waals surface area contributed by atoms with Gasteiger partial charge < -0.3 is 10.1 Å². The fraction of sp³-hybridized carbons (Fsp3) is 0.100. The van der Waals surface area contributed by atoms with E-state index in [4.69, 9.17) is 11.6 Å². The third-order valence-electron chi connectivity index (χ3n) is 2.22. The van der Waals surface area contributed by atoms with Crippen LogP contribution in [0.1, 0.15) is 5.56 Å². The molecule has 0 aliphatic carbocycles. The van der Waals surface area contributed by atoms with Gasteiger partial charge in [0, 0.05) is 11.6 Å². The summed E-state index contributed by atoms with van der Waals surface area (Å²) >= 11 is 5.59. The molecule has 5 nitrogen and oxygen atoms in total. The first-order valence-corrected chi connectivity index (χ1v) is 5.16. The van der Waals surface area contributed by atoms with E-state index in [1.54, 1.807) is 0 Å². The summed E-state index contributed by atoms with van der Waals surface area (Å²) in [7, 11) is 0. The first kappa shape index (κ1) is 12.4. The van der Waals surface area contributed by atoms with Gasteiger partial charge in [-0.25, -0.2) is 8.78 Å². The Morgan fingerprint density at radius 2 is 2.17 bits per heavy atom. The minimum absolute atomic E-state index is 0.0698. The highest BCUT2D eigenvalue weighted by Crippen LogP contribution is 2.22. The maximum absolute atomic E-state index is 13.4. The van der Waals surface area contributed by atoms with Crippen LogP contribution >= 0.6 is 11.6 Å². The van der Waals surface area contributed by atoms with E-state index in [0.717, 1.165) is 16.8 Å². The van der Waals surface area contributed by atoms with Crippen molar-refractivity contribution in [3.05, 3.63) is 56.7 Å². The van der Waals surface area contributed by atoms with Crippen LogP contribution in [0.15, 0.2) is 24.4 Å². The van der Waals surface area contributed by atoms with Gasteiger partial charge in [-0.05, 0) is 11.0 Å². The summed E-state index contributed by atoms with van der Waals surface area (Å²) in [4.78, 5) is 9.78. The van der Waals surface area contributed by atoms with Crippen molar-refractivity contribution < 1.29 is 13.7 Å². The molecule has 0 bridgehead atoms. The summed E-state index contributed by atoms with van der Waals surface area (Å²) in [5, 5.41) is 14.0. The predicted octanol–water partition coefficient (Wildman–Crippen LogP) is 2.77. The van der Waals surface area contributed by atoms with E-state index >= 15 is 0 Å². The van der Waals surface area contributed by atoms with Crippen LogP contribution in [-0.4, -0.2) is 14.7 Å². The topological polar surface area (TPSA) is 61.0 Å². The van der Waals surface area contributed by atoms with E-state index in [1.807, 2.05) is 0 Å². The first-order chi connectivity index (χ1) is 8.47. The standard InChI is InChI=1S/C10H6ClF2N3O2/c11-8-5-15(14-10(8)16(17)18)4-6-1-2-7(12)3-9(6)13/h1-3,5H,4H2. The van der Waals surface area contributed by atoms with Gasteiger partial charge in [-0.15, -0.1) is 0 Å². The van der Waals surface area contributed by atoms with Crippen LogP contribution in [0.5, 0.6) is 0 Å². The van der Waals surface area contributed by atoms with Crippen molar-refractivity contribution in [3.63, 3.8) is 0 Å². The van der Waals surface area contributed by atoms with Gasteiger partial charge in [0.1, 0.15) is 11.6 Å². The molecule has 0 fully saturated rings. The Labute approximate surface area is 105 Å². The average molecular weight is 274 g/mol. The summed E-state index contributed by atoms with van der Waals surface area (Å²) < 4.78 is 27.2. The Morgan fingerprint density at radius 1 is 1.44 bits per heavy atom. The molecule has 0 amide bonds. The molecule has 1 aromatic heterocycles. The minimum Gasteiger partial charge on any atom is -0.358 e. The molecule has 0 atom stereocenters. The summed E-state index contributed by atoms with van der Waals surface area (Å²) in [6.07, 6.45) is 1.21. The second-order valence-electron chi connectivity index (χ2n) is 3.49. The van der Waals surface area contributed by atoms with Gasteiger partial charge >= 0.3 is 5.82 Å². The fourth-order valence-electron chi connectivity index (χ4n) is 1.42. The van der Waals surface area contributed by atoms with E-state index in [0.29, 0.717) is 0 Å². The van der Waals surface area contributed by atoms with Crippen LogP contribution in [0.3, 0.4) is 0 Å². The van der Waals surface area contributed by atoms with Gasteiger partial charge in [-0.3, -0.25) is 0 Å². The Morgan fingerprint density at radius 3 is 2.72 bits per heavy atom. The monoisotopic (exact) mass is 273 g/mol. The van der Waals surface area contributed by atoms with Crippen LogP contribution in [0, 0.1) is 21.7 Å². The second-order valence-corrected chi connectivity index (χ2v) is 3.90. The number of halogens is 3. The number of benzene rings is 1. The molecule has 1 aromatic carbocycles. The third kappa shape index (κ3) is 2.45. The van der Waals surface area contributed by atoms with Gasteiger partial charge in [0.05, 0.1) is 17.8 Å². The predicted molar refractivity (Wildman–Crippen MR) is 59.4 cm³/mol. The first-order valence-electron chi connectivity index (χ1n) is 4.78. The molecule has 0 unspecified atom stereocenters. The third-order valence-corrected chi connectivity index (χ3v) is 2.49. The summed E-state index contributed by atoms with van der Waals surface area (Å²) in [5.41, 5.74) is 0.158. The van der Waals surface area contributed by atoms with Crippen molar-refractivity contribution in [1.82, 2.24) is 9.78 Å². The number of nitro groups is 1. The van der Waals surface area contributed by atoms with E-state index in [-0.39, 0.29) is 17.1 Å². The number of aromatic nitrogens is 2. The van der Waals surface area contributed by atoms with Crippen LogP contribution in [0.2, 0.25) is 5.02 Å². The average Bonchev–Trinajstić information content (AvgIpc) is 2.64. The zero-order chi connectivity index (χ0) is 13.3. The molecule has 0 saturated carbocycles. The lowest BCUT2D eigenvalue weighted by Gasteiger charge is -2.00. The van der Waals surface area contributed by atoms with Gasteiger partial charge in [-0.1, -0.05) is 17.7 Å². The highest BCUT2D eigenvalue weighted by Gasteiger charge is 2.19. The van der Waals surface area contributed by atoms with Gasteiger partial charge in [-0.2, -0.15) is 4.68 Å². The van der Waals surface area contributed by atoms with Gasteiger partial charge in [0.25, 0.3) is 0 Å². The summed E-state index contributed by atoms with van der Waals surface area (Å²) in [5.74, 6) is -1.94. The minimum atomic E-state index is -0.746. The quantitative estimate of drug-likeness (QED) is 0.638. The Hall–Kier alpha value is -2.02. The second kappa shape index (κ2) is 4.69. The number of hydrogen-bond donors (Lipinski definition) is 0. The number of rotatable bonds is 3. The van der Waals surface area contributed by atoms with Crippen molar-refractivity contribution in [2.75, 3.05) is 0 Å². The van der Waals surface area contributed by atoms with E-state index in [2.05, 4.69) is 5.10 Å². The number of hydrogen-bond acceptors (Lipinski definition) is 3. The molecule has 0 aliphatic heterocycles. The van der Waals surface area contributed by atoms with Crippen molar-refractivity contribution in [1.29, 1.82) is 0 Å². The van der Waals surface area contributed by atoms with E-state index < -0.39 is 22.4 Å².